The summed E-state index contributed by atoms with van der Waals surface area (Å²) >= 11 is 5.86. The lowest BCUT2D eigenvalue weighted by molar-refractivity contribution is -0.384. The molecule has 0 aromatic heterocycles. The van der Waals surface area contributed by atoms with Crippen LogP contribution in [0.15, 0.2) is 47.4 Å². The number of fused-ring (bicyclic) bond motifs is 1. The molecular weight excluding hydrogens is 430 g/mol. The monoisotopic (exact) mass is 449 g/mol. The highest BCUT2D eigenvalue weighted by molar-refractivity contribution is 7.89. The van der Waals surface area contributed by atoms with Gasteiger partial charge in [-0.05, 0) is 49.1 Å². The van der Waals surface area contributed by atoms with E-state index in [1.165, 1.54) is 40.7 Å². The first kappa shape index (κ1) is 20.8. The van der Waals surface area contributed by atoms with Crippen LogP contribution in [0.4, 0.5) is 11.4 Å². The molecule has 2 heterocycles. The van der Waals surface area contributed by atoms with Gasteiger partial charge in [-0.15, -0.1) is 0 Å². The van der Waals surface area contributed by atoms with Crippen molar-refractivity contribution < 1.29 is 18.1 Å². The molecule has 1 fully saturated rings. The predicted octanol–water partition coefficient (Wildman–Crippen LogP) is 3.24. The van der Waals surface area contributed by atoms with Gasteiger partial charge in [-0.25, -0.2) is 8.42 Å². The minimum Gasteiger partial charge on any atom is -0.311 e. The third kappa shape index (κ3) is 3.80. The van der Waals surface area contributed by atoms with Crippen molar-refractivity contribution >= 4 is 38.9 Å². The number of piperidine rings is 1. The van der Waals surface area contributed by atoms with Gasteiger partial charge in [0, 0.05) is 36.8 Å². The highest BCUT2D eigenvalue weighted by Crippen LogP contribution is 2.34. The molecule has 0 N–H and O–H groups in total. The average Bonchev–Trinajstić information content (AvgIpc) is 3.17. The largest absolute Gasteiger partial charge is 0.311 e. The van der Waals surface area contributed by atoms with Crippen LogP contribution >= 0.6 is 11.6 Å². The summed E-state index contributed by atoms with van der Waals surface area (Å²) in [6.45, 7) is 0.872. The van der Waals surface area contributed by atoms with E-state index >= 15 is 0 Å². The predicted molar refractivity (Wildman–Crippen MR) is 112 cm³/mol. The Hall–Kier alpha value is -2.49. The van der Waals surface area contributed by atoms with Crippen molar-refractivity contribution in [3.63, 3.8) is 0 Å². The number of non-ortho nitro benzene ring substituents is 1. The molecule has 0 unspecified atom stereocenters. The lowest BCUT2D eigenvalue weighted by atomic mass is 9.98. The molecule has 2 aromatic rings. The standard InChI is InChI=1S/C20H20ClN3O5S/c21-16-4-7-18(8-5-16)30(28,29)22-10-1-2-15(13-22)20(25)23-11-9-14-3-6-17(24(26)27)12-19(14)23/h3-8,12,15H,1-2,9-11,13H2/t15-/m0/s1. The first-order valence-electron chi connectivity index (χ1n) is 9.62. The number of hydrogen-bond acceptors (Lipinski definition) is 5. The minimum absolute atomic E-state index is 0.0657. The third-order valence-corrected chi connectivity index (χ3v) is 7.76. The van der Waals surface area contributed by atoms with Gasteiger partial charge < -0.3 is 4.90 Å². The van der Waals surface area contributed by atoms with E-state index in [-0.39, 0.29) is 23.0 Å². The zero-order valence-electron chi connectivity index (χ0n) is 16.0. The van der Waals surface area contributed by atoms with Crippen molar-refractivity contribution in [2.24, 2.45) is 5.92 Å². The van der Waals surface area contributed by atoms with Gasteiger partial charge in [-0.1, -0.05) is 17.7 Å². The van der Waals surface area contributed by atoms with Crippen LogP contribution < -0.4 is 4.90 Å². The maximum absolute atomic E-state index is 13.2. The second kappa shape index (κ2) is 7.98. The summed E-state index contributed by atoms with van der Waals surface area (Å²) in [5.74, 6) is -0.684. The summed E-state index contributed by atoms with van der Waals surface area (Å²) in [5.41, 5.74) is 1.37. The second-order valence-corrected chi connectivity index (χ2v) is 9.84. The molecule has 4 rings (SSSR count). The zero-order chi connectivity index (χ0) is 21.5. The van der Waals surface area contributed by atoms with Crippen molar-refractivity contribution in [2.45, 2.75) is 24.2 Å². The summed E-state index contributed by atoms with van der Waals surface area (Å²) in [7, 11) is -3.73. The fourth-order valence-electron chi connectivity index (χ4n) is 4.05. The second-order valence-electron chi connectivity index (χ2n) is 7.47. The molecule has 158 valence electrons. The van der Waals surface area contributed by atoms with Crippen LogP contribution in [0.25, 0.3) is 0 Å². The molecule has 10 heteroatoms. The molecule has 2 aliphatic rings. The molecule has 8 nitrogen and oxygen atoms in total. The molecule has 1 amide bonds. The van der Waals surface area contributed by atoms with Crippen LogP contribution in [0.5, 0.6) is 0 Å². The molecule has 30 heavy (non-hydrogen) atoms. The molecule has 0 spiro atoms. The van der Waals surface area contributed by atoms with Gasteiger partial charge in [-0.2, -0.15) is 4.31 Å². The number of halogens is 1. The maximum Gasteiger partial charge on any atom is 0.271 e. The number of nitro benzene ring substituents is 1. The van der Waals surface area contributed by atoms with Crippen LogP contribution in [-0.2, 0) is 21.2 Å². The Balaban J connectivity index is 1.55. The zero-order valence-corrected chi connectivity index (χ0v) is 17.6. The number of hydrogen-bond donors (Lipinski definition) is 0. The topological polar surface area (TPSA) is 101 Å². The Morgan fingerprint density at radius 3 is 2.57 bits per heavy atom. The van der Waals surface area contributed by atoms with E-state index in [1.54, 1.807) is 11.0 Å². The van der Waals surface area contributed by atoms with E-state index in [1.807, 2.05) is 0 Å². The van der Waals surface area contributed by atoms with E-state index < -0.39 is 20.9 Å². The molecule has 2 aromatic carbocycles. The Kier molecular flexibility index (Phi) is 5.52. The minimum atomic E-state index is -3.73. The first-order valence-corrected chi connectivity index (χ1v) is 11.4. The summed E-state index contributed by atoms with van der Waals surface area (Å²) in [4.78, 5) is 25.5. The number of nitrogens with zero attached hydrogens (tertiary/aromatic N) is 3. The number of amides is 1. The van der Waals surface area contributed by atoms with Crippen LogP contribution in [0.1, 0.15) is 18.4 Å². The number of sulfonamides is 1. The van der Waals surface area contributed by atoms with E-state index in [4.69, 9.17) is 11.6 Å². The van der Waals surface area contributed by atoms with Crippen molar-refractivity contribution in [2.75, 3.05) is 24.5 Å². The lowest BCUT2D eigenvalue weighted by Crippen LogP contribution is -2.46. The number of benzene rings is 2. The SMILES string of the molecule is O=C([C@H]1CCCN(S(=O)(=O)c2ccc(Cl)cc2)C1)N1CCc2ccc([N+](=O)[O-])cc21. The summed E-state index contributed by atoms with van der Waals surface area (Å²) in [6.07, 6.45) is 1.77. The van der Waals surface area contributed by atoms with Crippen LogP contribution in [0.2, 0.25) is 5.02 Å². The number of anilines is 1. The van der Waals surface area contributed by atoms with Crippen LogP contribution in [0, 0.1) is 16.0 Å². The molecule has 2 aliphatic heterocycles. The Morgan fingerprint density at radius 1 is 1.13 bits per heavy atom. The Bertz CT molecular complexity index is 1100. The summed E-state index contributed by atoms with van der Waals surface area (Å²) < 4.78 is 27.3. The molecule has 0 aliphatic carbocycles. The third-order valence-electron chi connectivity index (χ3n) is 5.63. The van der Waals surface area contributed by atoms with Crippen LogP contribution in [-0.4, -0.2) is 43.2 Å². The van der Waals surface area contributed by atoms with Gasteiger partial charge in [0.25, 0.3) is 5.69 Å². The Labute approximate surface area is 179 Å². The quantitative estimate of drug-likeness (QED) is 0.526. The van der Waals surface area contributed by atoms with E-state index in [0.717, 1.165) is 5.56 Å². The highest BCUT2D eigenvalue weighted by atomic mass is 35.5. The van der Waals surface area contributed by atoms with Crippen molar-refractivity contribution in [1.29, 1.82) is 0 Å². The van der Waals surface area contributed by atoms with Gasteiger partial charge in [-0.3, -0.25) is 14.9 Å². The number of rotatable bonds is 4. The van der Waals surface area contributed by atoms with E-state index in [2.05, 4.69) is 0 Å². The van der Waals surface area contributed by atoms with Gasteiger partial charge in [0.15, 0.2) is 0 Å². The van der Waals surface area contributed by atoms with E-state index in [9.17, 15) is 23.3 Å². The lowest BCUT2D eigenvalue weighted by Gasteiger charge is -2.33. The van der Waals surface area contributed by atoms with Gasteiger partial charge in [0.2, 0.25) is 15.9 Å². The smallest absolute Gasteiger partial charge is 0.271 e. The van der Waals surface area contributed by atoms with Crippen molar-refractivity contribution in [1.82, 2.24) is 4.31 Å². The number of carbonyl (C=O) groups is 1. The maximum atomic E-state index is 13.2. The summed E-state index contributed by atoms with van der Waals surface area (Å²) in [5, 5.41) is 11.6. The van der Waals surface area contributed by atoms with Gasteiger partial charge in [0.1, 0.15) is 0 Å². The van der Waals surface area contributed by atoms with Crippen LogP contribution in [0.3, 0.4) is 0 Å². The normalized spacial score (nSPS) is 19.5. The average molecular weight is 450 g/mol. The molecule has 1 saturated heterocycles. The van der Waals surface area contributed by atoms with E-state index in [0.29, 0.717) is 43.1 Å². The first-order chi connectivity index (χ1) is 14.3. The Morgan fingerprint density at radius 2 is 1.87 bits per heavy atom. The summed E-state index contributed by atoms with van der Waals surface area (Å²) in [6, 6.07) is 10.5. The van der Waals surface area contributed by atoms with Gasteiger partial charge >= 0.3 is 0 Å². The fraction of sp³-hybridized carbons (Fsp3) is 0.350. The van der Waals surface area contributed by atoms with Crippen molar-refractivity contribution in [3.05, 3.63) is 63.2 Å². The molecule has 0 bridgehead atoms. The molecule has 1 atom stereocenters. The molecule has 0 radical (unpaired) electrons. The molecule has 0 saturated carbocycles. The highest BCUT2D eigenvalue weighted by Gasteiger charge is 2.37. The molecular formula is C20H20ClN3O5S. The van der Waals surface area contributed by atoms with Gasteiger partial charge in [0.05, 0.1) is 21.4 Å². The fourth-order valence-corrected chi connectivity index (χ4v) is 5.70. The number of carbonyl (C=O) groups excluding carboxylic acids is 1. The number of nitro groups is 1. The van der Waals surface area contributed by atoms with Crippen molar-refractivity contribution in [3.8, 4) is 0 Å².